The van der Waals surface area contributed by atoms with E-state index in [2.05, 4.69) is 15.3 Å². The second kappa shape index (κ2) is 9.74. The first-order valence-corrected chi connectivity index (χ1v) is 11.9. The van der Waals surface area contributed by atoms with Crippen LogP contribution in [0.2, 0.25) is 0 Å². The Morgan fingerprint density at radius 3 is 2.81 bits per heavy atom. The van der Waals surface area contributed by atoms with Crippen molar-refractivity contribution in [3.8, 4) is 28.6 Å². The van der Waals surface area contributed by atoms with Crippen LogP contribution in [0, 0.1) is 5.82 Å². The third-order valence-electron chi connectivity index (χ3n) is 5.74. The molecule has 0 saturated heterocycles. The molecule has 0 aliphatic heterocycles. The van der Waals surface area contributed by atoms with Gasteiger partial charge in [0.1, 0.15) is 11.3 Å². The number of anilines is 1. The predicted octanol–water partition coefficient (Wildman–Crippen LogP) is 4.52. The monoisotopic (exact) mass is 504 g/mol. The lowest BCUT2D eigenvalue weighted by molar-refractivity contribution is -0.115. The number of ether oxygens (including phenoxy) is 2. The van der Waals surface area contributed by atoms with Crippen molar-refractivity contribution in [3.63, 3.8) is 0 Å². The summed E-state index contributed by atoms with van der Waals surface area (Å²) in [5.41, 5.74) is 8.87. The standard InChI is InChI=1S/C26H21FN4O4S/c1-34-16-6-7-17-15(13-16)5-9-21-23(17)31-26(36-21)30-22(32)12-14-4-8-20(19(27)11-14)35-25-18(24(28)33)3-2-10-29-25/h2-4,6-8,10-11,13H,5,9,12H2,1H3,(H2,28,33)(H,30,31,32). The van der Waals surface area contributed by atoms with Gasteiger partial charge in [-0.05, 0) is 66.4 Å². The number of methoxy groups -OCH3 is 1. The second-order valence-corrected chi connectivity index (χ2v) is 9.21. The van der Waals surface area contributed by atoms with Crippen LogP contribution in [0.4, 0.5) is 9.52 Å². The predicted molar refractivity (Wildman–Crippen MR) is 133 cm³/mol. The number of thiazole rings is 1. The van der Waals surface area contributed by atoms with Crippen LogP contribution in [-0.4, -0.2) is 28.9 Å². The average molecular weight is 505 g/mol. The Bertz CT molecular complexity index is 1490. The number of nitrogens with two attached hydrogens (primary N) is 1. The summed E-state index contributed by atoms with van der Waals surface area (Å²) in [6.07, 6.45) is 3.07. The van der Waals surface area contributed by atoms with Crippen LogP contribution >= 0.6 is 11.3 Å². The van der Waals surface area contributed by atoms with E-state index in [0.717, 1.165) is 40.3 Å². The van der Waals surface area contributed by atoms with Gasteiger partial charge in [-0.3, -0.25) is 9.59 Å². The maximum absolute atomic E-state index is 14.7. The molecule has 5 rings (SSSR count). The number of fused-ring (bicyclic) bond motifs is 3. The minimum Gasteiger partial charge on any atom is -0.497 e. The average Bonchev–Trinajstić information content (AvgIpc) is 3.28. The number of amides is 2. The zero-order valence-electron chi connectivity index (χ0n) is 19.2. The van der Waals surface area contributed by atoms with Gasteiger partial charge in [0.2, 0.25) is 11.8 Å². The molecule has 10 heteroatoms. The molecule has 2 aromatic heterocycles. The largest absolute Gasteiger partial charge is 0.497 e. The molecule has 2 heterocycles. The first kappa shape index (κ1) is 23.4. The molecular weight excluding hydrogens is 483 g/mol. The molecule has 1 aliphatic carbocycles. The number of pyridine rings is 1. The van der Waals surface area contributed by atoms with Crippen molar-refractivity contribution in [2.75, 3.05) is 12.4 Å². The second-order valence-electron chi connectivity index (χ2n) is 8.13. The fourth-order valence-corrected chi connectivity index (χ4v) is 5.01. The number of aryl methyl sites for hydroxylation is 2. The van der Waals surface area contributed by atoms with Crippen molar-refractivity contribution in [2.24, 2.45) is 5.73 Å². The lowest BCUT2D eigenvalue weighted by atomic mass is 9.93. The van der Waals surface area contributed by atoms with E-state index in [9.17, 15) is 14.0 Å². The Labute approximate surface area is 209 Å². The van der Waals surface area contributed by atoms with Crippen LogP contribution in [0.25, 0.3) is 11.3 Å². The maximum atomic E-state index is 14.7. The van der Waals surface area contributed by atoms with Crippen molar-refractivity contribution in [1.82, 2.24) is 9.97 Å². The highest BCUT2D eigenvalue weighted by Gasteiger charge is 2.22. The summed E-state index contributed by atoms with van der Waals surface area (Å²) in [7, 11) is 1.64. The number of nitrogens with zero attached hydrogens (tertiary/aromatic N) is 2. The van der Waals surface area contributed by atoms with Crippen molar-refractivity contribution < 1.29 is 23.5 Å². The fourth-order valence-electron chi connectivity index (χ4n) is 4.02. The summed E-state index contributed by atoms with van der Waals surface area (Å²) in [6.45, 7) is 0. The Kier molecular flexibility index (Phi) is 6.34. The quantitative estimate of drug-likeness (QED) is 0.382. The number of nitrogens with one attached hydrogen (secondary N) is 1. The number of primary amides is 1. The van der Waals surface area contributed by atoms with E-state index < -0.39 is 11.7 Å². The molecule has 2 amide bonds. The van der Waals surface area contributed by atoms with E-state index in [0.29, 0.717) is 10.7 Å². The molecule has 0 radical (unpaired) electrons. The van der Waals surface area contributed by atoms with E-state index in [1.54, 1.807) is 13.2 Å². The number of hydrogen-bond donors (Lipinski definition) is 2. The molecule has 8 nitrogen and oxygen atoms in total. The van der Waals surface area contributed by atoms with Gasteiger partial charge in [0.25, 0.3) is 5.91 Å². The van der Waals surface area contributed by atoms with E-state index in [4.69, 9.17) is 15.2 Å². The molecule has 0 atom stereocenters. The Morgan fingerprint density at radius 1 is 1.17 bits per heavy atom. The lowest BCUT2D eigenvalue weighted by Crippen LogP contribution is -2.14. The van der Waals surface area contributed by atoms with Gasteiger partial charge in [-0.2, -0.15) is 0 Å². The fraction of sp³-hybridized carbons (Fsp3) is 0.154. The number of carbonyl (C=O) groups excluding carboxylic acids is 2. The van der Waals surface area contributed by atoms with Gasteiger partial charge in [-0.15, -0.1) is 11.3 Å². The topological polar surface area (TPSA) is 116 Å². The minimum atomic E-state index is -0.737. The summed E-state index contributed by atoms with van der Waals surface area (Å²) >= 11 is 1.45. The van der Waals surface area contributed by atoms with E-state index >= 15 is 0 Å². The zero-order valence-corrected chi connectivity index (χ0v) is 20.0. The van der Waals surface area contributed by atoms with Crippen LogP contribution in [0.1, 0.15) is 26.4 Å². The number of benzene rings is 2. The van der Waals surface area contributed by atoms with Gasteiger partial charge in [0.05, 0.1) is 19.2 Å². The van der Waals surface area contributed by atoms with Crippen LogP contribution in [0.15, 0.2) is 54.7 Å². The van der Waals surface area contributed by atoms with Crippen LogP contribution in [0.5, 0.6) is 17.4 Å². The smallest absolute Gasteiger partial charge is 0.254 e. The molecule has 3 N–H and O–H groups in total. The summed E-state index contributed by atoms with van der Waals surface area (Å²) in [5, 5.41) is 3.33. The van der Waals surface area contributed by atoms with Crippen LogP contribution < -0.4 is 20.5 Å². The highest BCUT2D eigenvalue weighted by molar-refractivity contribution is 7.16. The van der Waals surface area contributed by atoms with Crippen LogP contribution in [0.3, 0.4) is 0 Å². The van der Waals surface area contributed by atoms with Crippen molar-refractivity contribution >= 4 is 28.3 Å². The highest BCUT2D eigenvalue weighted by atomic mass is 32.1. The number of rotatable bonds is 7. The summed E-state index contributed by atoms with van der Waals surface area (Å²) in [6, 6.07) is 13.0. The molecule has 0 fully saturated rings. The molecule has 4 aromatic rings. The van der Waals surface area contributed by atoms with Gasteiger partial charge in [0.15, 0.2) is 16.7 Å². The van der Waals surface area contributed by atoms with Gasteiger partial charge >= 0.3 is 0 Å². The van der Waals surface area contributed by atoms with Gasteiger partial charge in [-0.25, -0.2) is 14.4 Å². The summed E-state index contributed by atoms with van der Waals surface area (Å²) < 4.78 is 25.4. The molecule has 36 heavy (non-hydrogen) atoms. The van der Waals surface area contributed by atoms with E-state index in [-0.39, 0.29) is 29.5 Å². The van der Waals surface area contributed by atoms with Gasteiger partial charge in [-0.1, -0.05) is 6.07 Å². The third kappa shape index (κ3) is 4.76. The van der Waals surface area contributed by atoms with E-state index in [1.807, 2.05) is 18.2 Å². The van der Waals surface area contributed by atoms with Gasteiger partial charge < -0.3 is 20.5 Å². The van der Waals surface area contributed by atoms with Crippen LogP contribution in [-0.2, 0) is 24.1 Å². The number of hydrogen-bond acceptors (Lipinski definition) is 7. The van der Waals surface area contributed by atoms with E-state index in [1.165, 1.54) is 41.8 Å². The highest BCUT2D eigenvalue weighted by Crippen LogP contribution is 2.39. The molecule has 0 bridgehead atoms. The Morgan fingerprint density at radius 2 is 2.03 bits per heavy atom. The first-order chi connectivity index (χ1) is 17.4. The third-order valence-corrected chi connectivity index (χ3v) is 6.77. The first-order valence-electron chi connectivity index (χ1n) is 11.1. The molecule has 0 unspecified atom stereocenters. The molecular formula is C26H21FN4O4S. The molecule has 0 saturated carbocycles. The SMILES string of the molecule is COc1ccc2c(c1)CCc1sc(NC(=O)Cc3ccc(Oc4ncccc4C(N)=O)c(F)c3)nc1-2. The normalized spacial score (nSPS) is 11.8. The molecule has 1 aliphatic rings. The van der Waals surface area contributed by atoms with Crippen molar-refractivity contribution in [3.05, 3.63) is 82.1 Å². The minimum absolute atomic E-state index is 0.0354. The maximum Gasteiger partial charge on any atom is 0.254 e. The van der Waals surface area contributed by atoms with Crippen molar-refractivity contribution in [1.29, 1.82) is 0 Å². The number of carbonyl (C=O) groups is 2. The Balaban J connectivity index is 1.27. The molecule has 182 valence electrons. The summed E-state index contributed by atoms with van der Waals surface area (Å²) in [4.78, 5) is 33.9. The van der Waals surface area contributed by atoms with Crippen molar-refractivity contribution in [2.45, 2.75) is 19.3 Å². The lowest BCUT2D eigenvalue weighted by Gasteiger charge is -2.15. The number of halogens is 1. The number of aromatic nitrogens is 2. The molecule has 0 spiro atoms. The zero-order chi connectivity index (χ0) is 25.2. The Hall–Kier alpha value is -4.31. The van der Waals surface area contributed by atoms with Gasteiger partial charge in [0, 0.05) is 16.6 Å². The molecule has 2 aromatic carbocycles. The summed E-state index contributed by atoms with van der Waals surface area (Å²) in [5.74, 6) is -1.18.